The average molecular weight is 396 g/mol. The number of aryl methyl sites for hydroxylation is 1. The summed E-state index contributed by atoms with van der Waals surface area (Å²) in [4.78, 5) is 29.7. The first-order valence-corrected chi connectivity index (χ1v) is 9.77. The standard InChI is InChI=1S/C20H24N6O3/c27-18(8-11-26-16-21-22-23-26)25-12-13-29-20(15-25)9-4-5-10-24(19(20)28)14-17-6-2-1-3-7-17/h1-7,16H,8-15H2. The van der Waals surface area contributed by atoms with E-state index in [4.69, 9.17) is 4.74 Å². The number of nitrogens with zero attached hydrogens (tertiary/aromatic N) is 6. The van der Waals surface area contributed by atoms with Gasteiger partial charge in [-0.25, -0.2) is 4.68 Å². The molecule has 2 aromatic rings. The number of tetrazole rings is 1. The summed E-state index contributed by atoms with van der Waals surface area (Å²) in [5.74, 6) is -0.0943. The van der Waals surface area contributed by atoms with E-state index in [1.54, 1.807) is 9.80 Å². The van der Waals surface area contributed by atoms with Crippen LogP contribution in [0.3, 0.4) is 0 Å². The van der Waals surface area contributed by atoms with Gasteiger partial charge in [0.2, 0.25) is 5.91 Å². The zero-order valence-electron chi connectivity index (χ0n) is 16.2. The second-order valence-electron chi connectivity index (χ2n) is 7.33. The van der Waals surface area contributed by atoms with Crippen LogP contribution in [0, 0.1) is 0 Å². The molecule has 2 amide bonds. The Balaban J connectivity index is 1.45. The van der Waals surface area contributed by atoms with Gasteiger partial charge in [0.05, 0.1) is 19.7 Å². The van der Waals surface area contributed by atoms with Crippen LogP contribution in [-0.2, 0) is 27.4 Å². The third-order valence-corrected chi connectivity index (χ3v) is 5.32. The SMILES string of the molecule is O=C(CCn1cnnn1)N1CCOC2(CC=CCN(Cc3ccccc3)C2=O)C1. The van der Waals surface area contributed by atoms with E-state index in [1.165, 1.54) is 11.0 Å². The Morgan fingerprint density at radius 2 is 2.07 bits per heavy atom. The second-order valence-corrected chi connectivity index (χ2v) is 7.33. The van der Waals surface area contributed by atoms with Gasteiger partial charge in [-0.1, -0.05) is 42.5 Å². The zero-order chi connectivity index (χ0) is 20.1. The lowest BCUT2D eigenvalue weighted by Gasteiger charge is -2.42. The van der Waals surface area contributed by atoms with E-state index in [1.807, 2.05) is 42.5 Å². The molecule has 1 unspecified atom stereocenters. The highest BCUT2D eigenvalue weighted by atomic mass is 16.5. The lowest BCUT2D eigenvalue weighted by molar-refractivity contribution is -0.173. The first-order chi connectivity index (χ1) is 14.2. The number of benzene rings is 1. The summed E-state index contributed by atoms with van der Waals surface area (Å²) in [7, 11) is 0. The van der Waals surface area contributed by atoms with Crippen molar-refractivity contribution in [3.63, 3.8) is 0 Å². The maximum absolute atomic E-state index is 13.4. The predicted octanol–water partition coefficient (Wildman–Crippen LogP) is 0.650. The molecule has 29 heavy (non-hydrogen) atoms. The van der Waals surface area contributed by atoms with E-state index in [2.05, 4.69) is 15.5 Å². The van der Waals surface area contributed by atoms with Crippen molar-refractivity contribution in [1.29, 1.82) is 0 Å². The largest absolute Gasteiger partial charge is 0.361 e. The van der Waals surface area contributed by atoms with E-state index >= 15 is 0 Å². The van der Waals surface area contributed by atoms with Gasteiger partial charge in [0.1, 0.15) is 6.33 Å². The van der Waals surface area contributed by atoms with Gasteiger partial charge in [-0.2, -0.15) is 0 Å². The van der Waals surface area contributed by atoms with E-state index in [0.717, 1.165) is 5.56 Å². The predicted molar refractivity (Wildman–Crippen MR) is 103 cm³/mol. The molecule has 0 aliphatic carbocycles. The van der Waals surface area contributed by atoms with Crippen molar-refractivity contribution in [2.75, 3.05) is 26.2 Å². The first-order valence-electron chi connectivity index (χ1n) is 9.77. The second kappa shape index (κ2) is 8.52. The molecule has 1 fully saturated rings. The third kappa shape index (κ3) is 4.34. The van der Waals surface area contributed by atoms with Crippen molar-refractivity contribution in [2.45, 2.75) is 31.5 Å². The summed E-state index contributed by atoms with van der Waals surface area (Å²) in [6.45, 7) is 2.54. The first kappa shape index (κ1) is 19.3. The highest BCUT2D eigenvalue weighted by Crippen LogP contribution is 2.28. The Kier molecular flexibility index (Phi) is 5.66. The van der Waals surface area contributed by atoms with Crippen LogP contribution in [0.5, 0.6) is 0 Å². The number of aromatic nitrogens is 4. The number of amides is 2. The smallest absolute Gasteiger partial charge is 0.257 e. The van der Waals surface area contributed by atoms with Crippen LogP contribution in [-0.4, -0.2) is 73.7 Å². The van der Waals surface area contributed by atoms with Gasteiger partial charge < -0.3 is 14.5 Å². The quantitative estimate of drug-likeness (QED) is 0.689. The van der Waals surface area contributed by atoms with E-state index in [0.29, 0.717) is 39.2 Å². The van der Waals surface area contributed by atoms with Crippen molar-refractivity contribution >= 4 is 11.8 Å². The molecule has 3 heterocycles. The number of ether oxygens (including phenoxy) is 1. The lowest BCUT2D eigenvalue weighted by Crippen LogP contribution is -2.60. The average Bonchev–Trinajstić information content (AvgIpc) is 3.24. The fourth-order valence-corrected chi connectivity index (χ4v) is 3.77. The van der Waals surface area contributed by atoms with Gasteiger partial charge in [0.15, 0.2) is 5.60 Å². The van der Waals surface area contributed by atoms with Crippen molar-refractivity contribution in [3.05, 3.63) is 54.4 Å². The minimum Gasteiger partial charge on any atom is -0.361 e. The molecule has 1 aromatic heterocycles. The summed E-state index contributed by atoms with van der Waals surface area (Å²) < 4.78 is 7.55. The molecule has 1 aromatic carbocycles. The molecule has 1 spiro atoms. The van der Waals surface area contributed by atoms with Crippen molar-refractivity contribution < 1.29 is 14.3 Å². The Morgan fingerprint density at radius 1 is 1.21 bits per heavy atom. The number of carbonyl (C=O) groups excluding carboxylic acids is 2. The van der Waals surface area contributed by atoms with Crippen LogP contribution >= 0.6 is 0 Å². The molecule has 4 rings (SSSR count). The summed E-state index contributed by atoms with van der Waals surface area (Å²) in [5.41, 5.74) is 0.0429. The number of hydrogen-bond acceptors (Lipinski definition) is 6. The van der Waals surface area contributed by atoms with E-state index in [9.17, 15) is 9.59 Å². The molecule has 1 atom stereocenters. The molecule has 0 N–H and O–H groups in total. The summed E-state index contributed by atoms with van der Waals surface area (Å²) in [6.07, 6.45) is 6.21. The molecule has 2 aliphatic heterocycles. The Morgan fingerprint density at radius 3 is 2.86 bits per heavy atom. The molecular formula is C20H24N6O3. The highest BCUT2D eigenvalue weighted by molar-refractivity contribution is 5.87. The van der Waals surface area contributed by atoms with Gasteiger partial charge in [-0.3, -0.25) is 9.59 Å². The zero-order valence-corrected chi connectivity index (χ0v) is 16.2. The normalized spacial score (nSPS) is 22.1. The van der Waals surface area contributed by atoms with Gasteiger partial charge in [-0.15, -0.1) is 5.10 Å². The number of carbonyl (C=O) groups is 2. The number of morpholine rings is 1. The number of rotatable bonds is 5. The van der Waals surface area contributed by atoms with Crippen LogP contribution in [0.15, 0.2) is 48.8 Å². The summed E-state index contributed by atoms with van der Waals surface area (Å²) in [5, 5.41) is 10.9. The van der Waals surface area contributed by atoms with E-state index in [-0.39, 0.29) is 24.8 Å². The summed E-state index contributed by atoms with van der Waals surface area (Å²) in [6, 6.07) is 9.89. The van der Waals surface area contributed by atoms with E-state index < -0.39 is 5.60 Å². The van der Waals surface area contributed by atoms with Gasteiger partial charge in [0.25, 0.3) is 5.91 Å². The van der Waals surface area contributed by atoms with Crippen LogP contribution in [0.4, 0.5) is 0 Å². The molecule has 9 nitrogen and oxygen atoms in total. The van der Waals surface area contributed by atoms with Crippen molar-refractivity contribution in [2.24, 2.45) is 0 Å². The third-order valence-electron chi connectivity index (χ3n) is 5.32. The molecular weight excluding hydrogens is 372 g/mol. The molecule has 2 aliphatic rings. The maximum Gasteiger partial charge on any atom is 0.257 e. The fraction of sp³-hybridized carbons (Fsp3) is 0.450. The van der Waals surface area contributed by atoms with Gasteiger partial charge >= 0.3 is 0 Å². The van der Waals surface area contributed by atoms with Gasteiger partial charge in [-0.05, 0) is 16.0 Å². The molecule has 152 valence electrons. The minimum absolute atomic E-state index is 0.0289. The Labute approximate surface area is 168 Å². The Bertz CT molecular complexity index is 870. The molecule has 1 saturated heterocycles. The van der Waals surface area contributed by atoms with Crippen LogP contribution < -0.4 is 0 Å². The van der Waals surface area contributed by atoms with Gasteiger partial charge in [0, 0.05) is 32.5 Å². The number of hydrogen-bond donors (Lipinski definition) is 0. The highest BCUT2D eigenvalue weighted by Gasteiger charge is 2.46. The Hall–Kier alpha value is -3.07. The molecule has 0 saturated carbocycles. The molecule has 9 heteroatoms. The van der Waals surface area contributed by atoms with Crippen LogP contribution in [0.2, 0.25) is 0 Å². The monoisotopic (exact) mass is 396 g/mol. The van der Waals surface area contributed by atoms with Crippen LogP contribution in [0.1, 0.15) is 18.4 Å². The van der Waals surface area contributed by atoms with Crippen molar-refractivity contribution in [1.82, 2.24) is 30.0 Å². The fourth-order valence-electron chi connectivity index (χ4n) is 3.77. The topological polar surface area (TPSA) is 93.4 Å². The molecule has 0 bridgehead atoms. The summed E-state index contributed by atoms with van der Waals surface area (Å²) >= 11 is 0. The maximum atomic E-state index is 13.4. The lowest BCUT2D eigenvalue weighted by atomic mass is 9.95. The molecule has 0 radical (unpaired) electrons. The minimum atomic E-state index is -1.02. The van der Waals surface area contributed by atoms with Crippen LogP contribution in [0.25, 0.3) is 0 Å². The van der Waals surface area contributed by atoms with Crippen molar-refractivity contribution in [3.8, 4) is 0 Å².